The number of hydrogen-bond donors (Lipinski definition) is 1. The fraction of sp³-hybridized carbons (Fsp3) is 1.00. The van der Waals surface area contributed by atoms with E-state index in [4.69, 9.17) is 9.47 Å². The van der Waals surface area contributed by atoms with Gasteiger partial charge < -0.3 is 14.6 Å². The van der Waals surface area contributed by atoms with Gasteiger partial charge >= 0.3 is 0 Å². The summed E-state index contributed by atoms with van der Waals surface area (Å²) in [5, 5.41) is 9.37. The highest BCUT2D eigenvalue weighted by Crippen LogP contribution is 2.31. The van der Waals surface area contributed by atoms with Crippen LogP contribution in [0.25, 0.3) is 0 Å². The van der Waals surface area contributed by atoms with Crippen LogP contribution >= 0.6 is 15.9 Å². The molecule has 3 nitrogen and oxygen atoms in total. The minimum Gasteiger partial charge on any atom is -0.387 e. The molecule has 0 radical (unpaired) electrons. The summed E-state index contributed by atoms with van der Waals surface area (Å²) in [6.07, 6.45) is 0.150. The minimum absolute atomic E-state index is 0.138. The quantitative estimate of drug-likeness (QED) is 0.581. The molecular weight excluding hydrogens is 200 g/mol. The van der Waals surface area contributed by atoms with Gasteiger partial charge in [-0.2, -0.15) is 0 Å². The van der Waals surface area contributed by atoms with Gasteiger partial charge in [0, 0.05) is 4.83 Å². The molecule has 0 aromatic carbocycles. The molecule has 0 amide bonds. The average molecular weight is 209 g/mol. The van der Waals surface area contributed by atoms with Crippen LogP contribution in [0.2, 0.25) is 0 Å². The van der Waals surface area contributed by atoms with Gasteiger partial charge in [0.05, 0.1) is 12.7 Å². The van der Waals surface area contributed by atoms with Gasteiger partial charge in [0.1, 0.15) is 6.10 Å². The zero-order chi connectivity index (χ0) is 7.14. The van der Waals surface area contributed by atoms with Crippen LogP contribution in [0.5, 0.6) is 0 Å². The van der Waals surface area contributed by atoms with Crippen molar-refractivity contribution in [3.63, 3.8) is 0 Å². The molecule has 2 aliphatic rings. The molecule has 1 unspecified atom stereocenters. The van der Waals surface area contributed by atoms with Gasteiger partial charge in [0.15, 0.2) is 6.29 Å². The molecule has 2 saturated heterocycles. The molecule has 2 fully saturated rings. The summed E-state index contributed by atoms with van der Waals surface area (Å²) in [5.41, 5.74) is 0. The molecule has 4 atom stereocenters. The van der Waals surface area contributed by atoms with E-state index in [1.54, 1.807) is 0 Å². The molecular formula is C6H9BrO3. The standard InChI is InChI=1S/C6H9BrO3/c7-4-1-3-2-9-6(10-3)5(4)8/h3-6,8H,1-2H2/t3-,4-,5?,6+/m0/s1. The van der Waals surface area contributed by atoms with Gasteiger partial charge in [-0.15, -0.1) is 0 Å². The molecule has 0 saturated carbocycles. The molecule has 0 aliphatic carbocycles. The number of alkyl halides is 1. The Labute approximate surface area is 67.4 Å². The first kappa shape index (κ1) is 7.03. The monoisotopic (exact) mass is 208 g/mol. The molecule has 58 valence electrons. The van der Waals surface area contributed by atoms with Crippen molar-refractivity contribution in [3.05, 3.63) is 0 Å². The Bertz CT molecular complexity index is 141. The normalized spacial score (nSPS) is 53.4. The Kier molecular flexibility index (Phi) is 1.72. The van der Waals surface area contributed by atoms with Crippen LogP contribution in [0, 0.1) is 0 Å². The van der Waals surface area contributed by atoms with Gasteiger partial charge in [0.2, 0.25) is 0 Å². The molecule has 2 bridgehead atoms. The Morgan fingerprint density at radius 1 is 1.50 bits per heavy atom. The summed E-state index contributed by atoms with van der Waals surface area (Å²) in [6.45, 7) is 0.629. The highest BCUT2D eigenvalue weighted by molar-refractivity contribution is 9.09. The van der Waals surface area contributed by atoms with Crippen LogP contribution in [0.3, 0.4) is 0 Å². The van der Waals surface area contributed by atoms with Crippen LogP contribution in [-0.4, -0.2) is 35.0 Å². The van der Waals surface area contributed by atoms with E-state index in [0.717, 1.165) is 6.42 Å². The maximum atomic E-state index is 9.37. The van der Waals surface area contributed by atoms with Gasteiger partial charge in [-0.05, 0) is 6.42 Å². The highest BCUT2D eigenvalue weighted by atomic mass is 79.9. The van der Waals surface area contributed by atoms with Crippen molar-refractivity contribution in [1.82, 2.24) is 0 Å². The van der Waals surface area contributed by atoms with E-state index in [-0.39, 0.29) is 17.2 Å². The van der Waals surface area contributed by atoms with Crippen molar-refractivity contribution in [2.75, 3.05) is 6.61 Å². The highest BCUT2D eigenvalue weighted by Gasteiger charge is 2.41. The molecule has 0 aromatic rings. The number of rotatable bonds is 0. The summed E-state index contributed by atoms with van der Waals surface area (Å²) in [6, 6.07) is 0. The Morgan fingerprint density at radius 3 is 3.10 bits per heavy atom. The Hall–Kier alpha value is 0.360. The largest absolute Gasteiger partial charge is 0.387 e. The second-order valence-corrected chi connectivity index (χ2v) is 3.88. The van der Waals surface area contributed by atoms with Crippen LogP contribution in [-0.2, 0) is 9.47 Å². The van der Waals surface area contributed by atoms with Gasteiger partial charge in [-0.1, -0.05) is 15.9 Å². The summed E-state index contributed by atoms with van der Waals surface area (Å²) >= 11 is 3.36. The second kappa shape index (κ2) is 2.44. The predicted octanol–water partition coefficient (Wildman–Crippen LogP) is 0.256. The van der Waals surface area contributed by atoms with Gasteiger partial charge in [-0.25, -0.2) is 0 Å². The summed E-state index contributed by atoms with van der Waals surface area (Å²) in [5.74, 6) is 0. The molecule has 2 rings (SSSR count). The molecule has 2 heterocycles. The first-order valence-corrected chi connectivity index (χ1v) is 4.28. The number of halogens is 1. The Balaban J connectivity index is 2.09. The lowest BCUT2D eigenvalue weighted by Crippen LogP contribution is -2.40. The summed E-state index contributed by atoms with van der Waals surface area (Å²) < 4.78 is 10.4. The first-order chi connectivity index (χ1) is 4.77. The maximum Gasteiger partial charge on any atom is 0.185 e. The third-order valence-electron chi connectivity index (χ3n) is 1.91. The van der Waals surface area contributed by atoms with Crippen LogP contribution in [0.1, 0.15) is 6.42 Å². The van der Waals surface area contributed by atoms with E-state index in [0.29, 0.717) is 6.61 Å². The van der Waals surface area contributed by atoms with E-state index in [9.17, 15) is 5.11 Å². The van der Waals surface area contributed by atoms with Crippen LogP contribution in [0.15, 0.2) is 0 Å². The van der Waals surface area contributed by atoms with Crippen LogP contribution < -0.4 is 0 Å². The second-order valence-electron chi connectivity index (χ2n) is 2.70. The number of aliphatic hydroxyl groups excluding tert-OH is 1. The lowest BCUT2D eigenvalue weighted by Gasteiger charge is -2.27. The molecule has 2 aliphatic heterocycles. The smallest absolute Gasteiger partial charge is 0.185 e. The first-order valence-electron chi connectivity index (χ1n) is 3.36. The van der Waals surface area contributed by atoms with Crippen molar-refractivity contribution in [1.29, 1.82) is 0 Å². The molecule has 4 heteroatoms. The number of aliphatic hydroxyl groups is 1. The van der Waals surface area contributed by atoms with Crippen molar-refractivity contribution in [2.45, 2.75) is 29.7 Å². The number of ether oxygens (including phenoxy) is 2. The molecule has 1 N–H and O–H groups in total. The third-order valence-corrected chi connectivity index (χ3v) is 2.83. The van der Waals surface area contributed by atoms with Gasteiger partial charge in [-0.3, -0.25) is 0 Å². The summed E-state index contributed by atoms with van der Waals surface area (Å²) in [7, 11) is 0. The lowest BCUT2D eigenvalue weighted by molar-refractivity contribution is -0.148. The minimum atomic E-state index is -0.501. The average Bonchev–Trinajstić information content (AvgIpc) is 2.29. The van der Waals surface area contributed by atoms with E-state index in [1.807, 2.05) is 0 Å². The SMILES string of the molecule is OC1[C@@H]2OC[C@H](C[C@@H]1Br)O2. The van der Waals surface area contributed by atoms with E-state index >= 15 is 0 Å². The summed E-state index contributed by atoms with van der Waals surface area (Å²) in [4.78, 5) is 0.138. The fourth-order valence-electron chi connectivity index (χ4n) is 1.33. The van der Waals surface area contributed by atoms with Crippen molar-refractivity contribution >= 4 is 15.9 Å². The maximum absolute atomic E-state index is 9.37. The molecule has 0 aromatic heterocycles. The predicted molar refractivity (Wildman–Crippen MR) is 38.0 cm³/mol. The van der Waals surface area contributed by atoms with Crippen LogP contribution in [0.4, 0.5) is 0 Å². The lowest BCUT2D eigenvalue weighted by atomic mass is 10.1. The van der Waals surface area contributed by atoms with Crippen molar-refractivity contribution in [3.8, 4) is 0 Å². The van der Waals surface area contributed by atoms with Crippen molar-refractivity contribution in [2.24, 2.45) is 0 Å². The topological polar surface area (TPSA) is 38.7 Å². The fourth-order valence-corrected chi connectivity index (χ4v) is 2.00. The van der Waals surface area contributed by atoms with E-state index in [2.05, 4.69) is 15.9 Å². The third kappa shape index (κ3) is 0.993. The van der Waals surface area contributed by atoms with Crippen molar-refractivity contribution < 1.29 is 14.6 Å². The zero-order valence-corrected chi connectivity index (χ0v) is 6.95. The Morgan fingerprint density at radius 2 is 2.30 bits per heavy atom. The van der Waals surface area contributed by atoms with E-state index in [1.165, 1.54) is 0 Å². The zero-order valence-electron chi connectivity index (χ0n) is 5.37. The molecule has 0 spiro atoms. The van der Waals surface area contributed by atoms with E-state index < -0.39 is 6.10 Å². The number of hydrogen-bond acceptors (Lipinski definition) is 3. The molecule has 10 heavy (non-hydrogen) atoms. The number of fused-ring (bicyclic) bond motifs is 2. The van der Waals surface area contributed by atoms with Gasteiger partial charge in [0.25, 0.3) is 0 Å².